The van der Waals surface area contributed by atoms with Gasteiger partial charge in [-0.25, -0.2) is 0 Å². The monoisotopic (exact) mass is 345 g/mol. The second-order valence-corrected chi connectivity index (χ2v) is 6.20. The summed E-state index contributed by atoms with van der Waals surface area (Å²) in [6.45, 7) is 4.81. The maximum absolute atomic E-state index is 12.6. The zero-order chi connectivity index (χ0) is 17.1. The van der Waals surface area contributed by atoms with Gasteiger partial charge >= 0.3 is 0 Å². The van der Waals surface area contributed by atoms with Crippen LogP contribution in [0.2, 0.25) is 5.02 Å². The molecule has 0 aromatic heterocycles. The first-order valence-electron chi connectivity index (χ1n) is 7.84. The van der Waals surface area contributed by atoms with Crippen LogP contribution in [0.3, 0.4) is 0 Å². The molecule has 0 saturated carbocycles. The van der Waals surface area contributed by atoms with E-state index in [0.717, 1.165) is 24.3 Å². The molecule has 0 atom stereocenters. The fourth-order valence-electron chi connectivity index (χ4n) is 2.66. The van der Waals surface area contributed by atoms with Gasteiger partial charge in [0.2, 0.25) is 0 Å². The fourth-order valence-corrected chi connectivity index (χ4v) is 2.84. The number of carbonyl (C=O) groups is 1. The van der Waals surface area contributed by atoms with Crippen molar-refractivity contribution in [1.29, 1.82) is 0 Å². The van der Waals surface area contributed by atoms with E-state index in [-0.39, 0.29) is 5.91 Å². The van der Waals surface area contributed by atoms with Crippen LogP contribution < -0.4 is 16.0 Å². The highest BCUT2D eigenvalue weighted by Crippen LogP contribution is 2.29. The van der Waals surface area contributed by atoms with E-state index >= 15 is 0 Å². The molecule has 1 fully saturated rings. The average molecular weight is 346 g/mol. The van der Waals surface area contributed by atoms with E-state index in [1.165, 1.54) is 0 Å². The van der Waals surface area contributed by atoms with Crippen molar-refractivity contribution in [2.45, 2.75) is 6.92 Å². The molecule has 5 nitrogen and oxygen atoms in total. The molecule has 2 aromatic rings. The van der Waals surface area contributed by atoms with Crippen molar-refractivity contribution in [1.82, 2.24) is 0 Å². The molecule has 2 aromatic carbocycles. The van der Waals surface area contributed by atoms with Gasteiger partial charge in [-0.3, -0.25) is 4.79 Å². The van der Waals surface area contributed by atoms with Gasteiger partial charge in [0.1, 0.15) is 0 Å². The molecule has 0 bridgehead atoms. The summed E-state index contributed by atoms with van der Waals surface area (Å²) in [5, 5.41) is 3.52. The van der Waals surface area contributed by atoms with E-state index in [9.17, 15) is 4.79 Å². The average Bonchev–Trinajstić information content (AvgIpc) is 2.58. The first-order chi connectivity index (χ1) is 11.5. The van der Waals surface area contributed by atoms with Gasteiger partial charge in [0.05, 0.1) is 24.6 Å². The van der Waals surface area contributed by atoms with Crippen molar-refractivity contribution in [3.63, 3.8) is 0 Å². The maximum atomic E-state index is 12.6. The highest BCUT2D eigenvalue weighted by Gasteiger charge is 2.17. The first kappa shape index (κ1) is 16.6. The number of halogens is 1. The van der Waals surface area contributed by atoms with Crippen LogP contribution in [-0.2, 0) is 4.74 Å². The number of aryl methyl sites for hydroxylation is 1. The summed E-state index contributed by atoms with van der Waals surface area (Å²) in [6, 6.07) is 10.8. The molecule has 126 valence electrons. The SMILES string of the molecule is Cc1ccc(C(=O)Nc2cc(N)ccc2N2CCOCC2)cc1Cl. The molecule has 1 heterocycles. The van der Waals surface area contributed by atoms with Gasteiger partial charge in [0.25, 0.3) is 5.91 Å². The van der Waals surface area contributed by atoms with Gasteiger partial charge in [-0.15, -0.1) is 0 Å². The predicted molar refractivity (Wildman–Crippen MR) is 98.0 cm³/mol. The summed E-state index contributed by atoms with van der Waals surface area (Å²) in [5.74, 6) is -0.211. The summed E-state index contributed by atoms with van der Waals surface area (Å²) in [5.41, 5.74) is 9.59. The number of benzene rings is 2. The summed E-state index contributed by atoms with van der Waals surface area (Å²) >= 11 is 6.12. The molecule has 1 saturated heterocycles. The lowest BCUT2D eigenvalue weighted by Gasteiger charge is -2.30. The van der Waals surface area contributed by atoms with Crippen molar-refractivity contribution in [3.05, 3.63) is 52.5 Å². The molecular weight excluding hydrogens is 326 g/mol. The van der Waals surface area contributed by atoms with Crippen LogP contribution in [0.1, 0.15) is 15.9 Å². The number of rotatable bonds is 3. The molecule has 0 radical (unpaired) electrons. The van der Waals surface area contributed by atoms with Crippen LogP contribution in [0.25, 0.3) is 0 Å². The smallest absolute Gasteiger partial charge is 0.255 e. The third-order valence-electron chi connectivity index (χ3n) is 4.05. The van der Waals surface area contributed by atoms with Gasteiger partial charge in [0.15, 0.2) is 0 Å². The van der Waals surface area contributed by atoms with Crippen LogP contribution in [0, 0.1) is 6.92 Å². The second kappa shape index (κ2) is 7.11. The van der Waals surface area contributed by atoms with Crippen LogP contribution in [0.4, 0.5) is 17.1 Å². The number of amides is 1. The Labute approximate surface area is 146 Å². The van der Waals surface area contributed by atoms with Crippen LogP contribution in [-0.4, -0.2) is 32.2 Å². The fraction of sp³-hybridized carbons (Fsp3) is 0.278. The summed E-state index contributed by atoms with van der Waals surface area (Å²) in [6.07, 6.45) is 0. The molecule has 3 N–H and O–H groups in total. The third kappa shape index (κ3) is 3.63. The number of morpholine rings is 1. The Kier molecular flexibility index (Phi) is 4.92. The molecule has 0 unspecified atom stereocenters. The van der Waals surface area contributed by atoms with Gasteiger partial charge < -0.3 is 20.7 Å². The van der Waals surface area contributed by atoms with E-state index in [0.29, 0.717) is 35.2 Å². The first-order valence-corrected chi connectivity index (χ1v) is 8.22. The van der Waals surface area contributed by atoms with Crippen molar-refractivity contribution in [2.24, 2.45) is 0 Å². The Morgan fingerprint density at radius 3 is 2.67 bits per heavy atom. The third-order valence-corrected chi connectivity index (χ3v) is 4.46. The molecule has 1 aliphatic heterocycles. The zero-order valence-corrected chi connectivity index (χ0v) is 14.3. The topological polar surface area (TPSA) is 67.6 Å². The number of hydrogen-bond donors (Lipinski definition) is 2. The van der Waals surface area contributed by atoms with Gasteiger partial charge in [0, 0.05) is 29.4 Å². The van der Waals surface area contributed by atoms with E-state index < -0.39 is 0 Å². The highest BCUT2D eigenvalue weighted by molar-refractivity contribution is 6.31. The standard InChI is InChI=1S/C18H20ClN3O2/c1-12-2-3-13(10-15(12)19)18(23)21-16-11-14(20)4-5-17(16)22-6-8-24-9-7-22/h2-5,10-11H,6-9,20H2,1H3,(H,21,23). The largest absolute Gasteiger partial charge is 0.399 e. The number of nitrogens with one attached hydrogen (secondary N) is 1. The Morgan fingerprint density at radius 1 is 1.21 bits per heavy atom. The lowest BCUT2D eigenvalue weighted by molar-refractivity contribution is 0.102. The van der Waals surface area contributed by atoms with Crippen molar-refractivity contribution in [3.8, 4) is 0 Å². The molecule has 6 heteroatoms. The van der Waals surface area contributed by atoms with Crippen LogP contribution >= 0.6 is 11.6 Å². The van der Waals surface area contributed by atoms with E-state index in [4.69, 9.17) is 22.1 Å². The number of ether oxygens (including phenoxy) is 1. The molecule has 0 aliphatic carbocycles. The lowest BCUT2D eigenvalue weighted by Crippen LogP contribution is -2.36. The van der Waals surface area contributed by atoms with Crippen molar-refractivity contribution >= 4 is 34.6 Å². The lowest BCUT2D eigenvalue weighted by atomic mass is 10.1. The van der Waals surface area contributed by atoms with E-state index in [2.05, 4.69) is 10.2 Å². The zero-order valence-electron chi connectivity index (χ0n) is 13.5. The predicted octanol–water partition coefficient (Wildman–Crippen LogP) is 3.32. The Morgan fingerprint density at radius 2 is 1.96 bits per heavy atom. The minimum absolute atomic E-state index is 0.211. The number of nitrogens with two attached hydrogens (primary N) is 1. The normalized spacial score (nSPS) is 14.5. The number of nitrogen functional groups attached to an aromatic ring is 1. The minimum atomic E-state index is -0.211. The Balaban J connectivity index is 1.86. The van der Waals surface area contributed by atoms with Crippen LogP contribution in [0.15, 0.2) is 36.4 Å². The number of nitrogens with zero attached hydrogens (tertiary/aromatic N) is 1. The van der Waals surface area contributed by atoms with E-state index in [1.807, 2.05) is 25.1 Å². The molecule has 1 aliphatic rings. The van der Waals surface area contributed by atoms with Gasteiger partial charge in [-0.2, -0.15) is 0 Å². The molecule has 0 spiro atoms. The number of hydrogen-bond acceptors (Lipinski definition) is 4. The maximum Gasteiger partial charge on any atom is 0.255 e. The van der Waals surface area contributed by atoms with Gasteiger partial charge in [-0.05, 0) is 42.8 Å². The van der Waals surface area contributed by atoms with Crippen LogP contribution in [0.5, 0.6) is 0 Å². The van der Waals surface area contributed by atoms with Crippen molar-refractivity contribution in [2.75, 3.05) is 42.3 Å². The summed E-state index contributed by atoms with van der Waals surface area (Å²) in [4.78, 5) is 14.8. The Hall–Kier alpha value is -2.24. The molecule has 3 rings (SSSR count). The Bertz CT molecular complexity index is 758. The number of anilines is 3. The summed E-state index contributed by atoms with van der Waals surface area (Å²) in [7, 11) is 0. The van der Waals surface area contributed by atoms with E-state index in [1.54, 1.807) is 18.2 Å². The highest BCUT2D eigenvalue weighted by atomic mass is 35.5. The quantitative estimate of drug-likeness (QED) is 0.837. The number of carbonyl (C=O) groups excluding carboxylic acids is 1. The second-order valence-electron chi connectivity index (χ2n) is 5.79. The molecule has 24 heavy (non-hydrogen) atoms. The minimum Gasteiger partial charge on any atom is -0.399 e. The molecular formula is C18H20ClN3O2. The molecule has 1 amide bonds. The van der Waals surface area contributed by atoms with Crippen molar-refractivity contribution < 1.29 is 9.53 Å². The van der Waals surface area contributed by atoms with Gasteiger partial charge in [-0.1, -0.05) is 17.7 Å². The summed E-state index contributed by atoms with van der Waals surface area (Å²) < 4.78 is 5.39.